The fourth-order valence-electron chi connectivity index (χ4n) is 4.75. The number of likely N-dealkylation sites (N-methyl/N-ethyl adjacent to an activating group) is 1. The summed E-state index contributed by atoms with van der Waals surface area (Å²) in [5.74, 6) is 0.370. The molecule has 1 aliphatic heterocycles. The first-order valence-corrected chi connectivity index (χ1v) is 16.7. The summed E-state index contributed by atoms with van der Waals surface area (Å²) in [6.45, 7) is 3.33. The van der Waals surface area contributed by atoms with E-state index in [9.17, 15) is 26.7 Å². The zero-order chi connectivity index (χ0) is 32.2. The molecule has 0 bridgehead atoms. The summed E-state index contributed by atoms with van der Waals surface area (Å²) in [6.07, 6.45) is -0.699. The minimum Gasteiger partial charge on any atom is -0.497 e. The Morgan fingerprint density at radius 1 is 0.977 bits per heavy atom. The van der Waals surface area contributed by atoms with Crippen molar-refractivity contribution >= 4 is 31.6 Å². The second kappa shape index (κ2) is 13.4. The van der Waals surface area contributed by atoms with Crippen molar-refractivity contribution in [2.75, 3.05) is 45.7 Å². The van der Waals surface area contributed by atoms with Crippen molar-refractivity contribution in [1.29, 1.82) is 0 Å². The van der Waals surface area contributed by atoms with Gasteiger partial charge in [0.05, 0.1) is 48.8 Å². The lowest BCUT2D eigenvalue weighted by Gasteiger charge is -2.38. The Kier molecular flexibility index (Phi) is 10.1. The molecule has 1 amide bonds. The largest absolute Gasteiger partial charge is 0.497 e. The Labute approximate surface area is 258 Å². The van der Waals surface area contributed by atoms with Crippen LogP contribution in [0.2, 0.25) is 0 Å². The minimum absolute atomic E-state index is 0.00172. The van der Waals surface area contributed by atoms with Crippen LogP contribution in [-0.4, -0.2) is 90.2 Å². The van der Waals surface area contributed by atoms with Crippen LogP contribution < -0.4 is 18.9 Å². The number of amides is 1. The number of carbonyl (C=O) groups excluding carboxylic acids is 1. The highest BCUT2D eigenvalue weighted by molar-refractivity contribution is 7.92. The summed E-state index contributed by atoms with van der Waals surface area (Å²) < 4.78 is 73.1. The molecular weight excluding hydrogens is 610 g/mol. The number of sulfonamides is 2. The van der Waals surface area contributed by atoms with Gasteiger partial charge in [0.1, 0.15) is 23.4 Å². The van der Waals surface area contributed by atoms with Gasteiger partial charge in [-0.2, -0.15) is 4.31 Å². The molecule has 0 unspecified atom stereocenters. The maximum Gasteiger partial charge on any atom is 0.261 e. The molecule has 0 saturated heterocycles. The molecule has 12 nitrogen and oxygen atoms in total. The first kappa shape index (κ1) is 33.1. The van der Waals surface area contributed by atoms with Crippen LogP contribution >= 0.6 is 0 Å². The average molecular weight is 648 g/mol. The lowest BCUT2D eigenvalue weighted by Crippen LogP contribution is -2.50. The van der Waals surface area contributed by atoms with Gasteiger partial charge in [-0.05, 0) is 73.7 Å². The number of nitrogens with one attached hydrogen (secondary N) is 1. The smallest absolute Gasteiger partial charge is 0.261 e. The van der Waals surface area contributed by atoms with Crippen LogP contribution in [0.3, 0.4) is 0 Å². The number of rotatable bonds is 11. The summed E-state index contributed by atoms with van der Waals surface area (Å²) >= 11 is 0. The molecule has 0 radical (unpaired) electrons. The number of carbonyl (C=O) groups is 1. The molecular formula is C30H37N3O9S2. The molecule has 238 valence electrons. The summed E-state index contributed by atoms with van der Waals surface area (Å²) in [5.41, 5.74) is 0.190. The van der Waals surface area contributed by atoms with Gasteiger partial charge >= 0.3 is 0 Å². The predicted molar refractivity (Wildman–Crippen MR) is 164 cm³/mol. The van der Waals surface area contributed by atoms with Gasteiger partial charge in [-0.15, -0.1) is 0 Å². The Hall–Kier alpha value is -3.85. The van der Waals surface area contributed by atoms with Gasteiger partial charge in [0.2, 0.25) is 10.0 Å². The third-order valence-electron chi connectivity index (χ3n) is 7.49. The van der Waals surface area contributed by atoms with Crippen LogP contribution in [0.4, 0.5) is 5.69 Å². The number of nitrogens with zero attached hydrogens (tertiary/aromatic N) is 2. The van der Waals surface area contributed by atoms with E-state index in [1.165, 1.54) is 85.1 Å². The Morgan fingerprint density at radius 2 is 1.55 bits per heavy atom. The van der Waals surface area contributed by atoms with E-state index < -0.39 is 38.1 Å². The molecule has 3 aromatic rings. The van der Waals surface area contributed by atoms with Crippen molar-refractivity contribution in [2.24, 2.45) is 5.92 Å². The number of ether oxygens (including phenoxy) is 3. The fourth-order valence-corrected chi connectivity index (χ4v) is 6.98. The van der Waals surface area contributed by atoms with E-state index in [0.29, 0.717) is 11.5 Å². The molecule has 0 aromatic heterocycles. The third-order valence-corrected chi connectivity index (χ3v) is 10.7. The summed E-state index contributed by atoms with van der Waals surface area (Å²) in [4.78, 5) is 15.3. The topological polar surface area (TPSA) is 152 Å². The lowest BCUT2D eigenvalue weighted by molar-refractivity contribution is 0.0387. The fraction of sp³-hybridized carbons (Fsp3) is 0.367. The van der Waals surface area contributed by atoms with Gasteiger partial charge in [0.25, 0.3) is 15.9 Å². The van der Waals surface area contributed by atoms with E-state index >= 15 is 0 Å². The molecule has 14 heteroatoms. The van der Waals surface area contributed by atoms with E-state index in [1.807, 2.05) is 6.92 Å². The quantitative estimate of drug-likeness (QED) is 0.320. The maximum atomic E-state index is 13.7. The van der Waals surface area contributed by atoms with Crippen molar-refractivity contribution < 1.29 is 40.9 Å². The first-order chi connectivity index (χ1) is 20.8. The van der Waals surface area contributed by atoms with Crippen molar-refractivity contribution in [3.8, 4) is 17.2 Å². The number of aliphatic hydroxyl groups excluding tert-OH is 1. The number of benzene rings is 3. The molecule has 0 fully saturated rings. The SMILES string of the molecule is COc1ccc(S(=O)(=O)Nc2ccc3c(c2)C(=O)N([C@@H](C)CO)C[C@@H](C)[C@H](CN(C)S(=O)(=O)c2ccc(OC)cc2)O3)cc1. The summed E-state index contributed by atoms with van der Waals surface area (Å²) in [6, 6.07) is 15.6. The van der Waals surface area contributed by atoms with Crippen LogP contribution in [0, 0.1) is 5.92 Å². The minimum atomic E-state index is -4.01. The number of methoxy groups -OCH3 is 2. The van der Waals surface area contributed by atoms with Crippen LogP contribution in [0.15, 0.2) is 76.5 Å². The molecule has 1 aliphatic rings. The Balaban J connectivity index is 1.66. The zero-order valence-electron chi connectivity index (χ0n) is 25.1. The lowest BCUT2D eigenvalue weighted by atomic mass is 9.99. The molecule has 44 heavy (non-hydrogen) atoms. The van der Waals surface area contributed by atoms with Gasteiger partial charge in [0, 0.05) is 25.2 Å². The Bertz CT molecular complexity index is 1680. The van der Waals surface area contributed by atoms with Crippen molar-refractivity contribution in [2.45, 2.75) is 35.8 Å². The molecule has 2 N–H and O–H groups in total. The van der Waals surface area contributed by atoms with Crippen LogP contribution in [0.5, 0.6) is 17.2 Å². The predicted octanol–water partition coefficient (Wildman–Crippen LogP) is 3.05. The maximum absolute atomic E-state index is 13.7. The Morgan fingerprint density at radius 3 is 2.09 bits per heavy atom. The monoisotopic (exact) mass is 647 g/mol. The molecule has 0 saturated carbocycles. The number of aliphatic hydroxyl groups is 1. The molecule has 4 rings (SSSR count). The number of anilines is 1. The second-order valence-corrected chi connectivity index (χ2v) is 14.3. The first-order valence-electron chi connectivity index (χ1n) is 13.8. The third kappa shape index (κ3) is 7.09. The molecule has 1 heterocycles. The van der Waals surface area contributed by atoms with E-state index in [4.69, 9.17) is 14.2 Å². The van der Waals surface area contributed by atoms with E-state index in [-0.39, 0.29) is 52.4 Å². The summed E-state index contributed by atoms with van der Waals surface area (Å²) in [7, 11) is -3.49. The van der Waals surface area contributed by atoms with Crippen molar-refractivity contribution in [3.63, 3.8) is 0 Å². The van der Waals surface area contributed by atoms with E-state index in [0.717, 1.165) is 0 Å². The summed E-state index contributed by atoms with van der Waals surface area (Å²) in [5, 5.41) is 9.93. The molecule has 0 spiro atoms. The van der Waals surface area contributed by atoms with E-state index in [1.54, 1.807) is 19.1 Å². The number of hydrogen-bond donors (Lipinski definition) is 2. The standard InChI is InChI=1S/C30H37N3O9S2/c1-20-17-33(21(2)19-34)30(35)27-16-22(31-43(36,37)25-11-7-23(40-4)8-12-25)6-15-28(27)42-29(20)18-32(3)44(38,39)26-13-9-24(41-5)10-14-26/h6-16,20-21,29,31,34H,17-19H2,1-5H3/t20-,21+,29+/m1/s1. The second-order valence-electron chi connectivity index (χ2n) is 10.6. The number of fused-ring (bicyclic) bond motifs is 1. The highest BCUT2D eigenvalue weighted by atomic mass is 32.2. The van der Waals surface area contributed by atoms with Crippen LogP contribution in [0.25, 0.3) is 0 Å². The van der Waals surface area contributed by atoms with Gasteiger partial charge in [-0.1, -0.05) is 6.92 Å². The average Bonchev–Trinajstić information content (AvgIpc) is 3.02. The van der Waals surface area contributed by atoms with Gasteiger partial charge in [-0.3, -0.25) is 9.52 Å². The van der Waals surface area contributed by atoms with Gasteiger partial charge in [0.15, 0.2) is 0 Å². The van der Waals surface area contributed by atoms with Crippen molar-refractivity contribution in [3.05, 3.63) is 72.3 Å². The number of hydrogen-bond acceptors (Lipinski definition) is 9. The van der Waals surface area contributed by atoms with E-state index in [2.05, 4.69) is 4.72 Å². The zero-order valence-corrected chi connectivity index (χ0v) is 26.8. The van der Waals surface area contributed by atoms with Crippen LogP contribution in [-0.2, 0) is 20.0 Å². The molecule has 3 atom stereocenters. The normalized spacial score (nSPS) is 18.1. The van der Waals surface area contributed by atoms with Gasteiger partial charge in [-0.25, -0.2) is 16.8 Å². The highest BCUT2D eigenvalue weighted by Gasteiger charge is 2.35. The highest BCUT2D eigenvalue weighted by Crippen LogP contribution is 2.32. The molecule has 3 aromatic carbocycles. The molecule has 0 aliphatic carbocycles. The van der Waals surface area contributed by atoms with Crippen molar-refractivity contribution in [1.82, 2.24) is 9.21 Å². The van der Waals surface area contributed by atoms with Gasteiger partial charge < -0.3 is 24.2 Å². The van der Waals surface area contributed by atoms with Crippen LogP contribution in [0.1, 0.15) is 24.2 Å².